The summed E-state index contributed by atoms with van der Waals surface area (Å²) in [6.07, 6.45) is 24.5. The summed E-state index contributed by atoms with van der Waals surface area (Å²) in [6.45, 7) is 35.4. The maximum atomic E-state index is 14.7. The van der Waals surface area contributed by atoms with Gasteiger partial charge in [0.1, 0.15) is 75.4 Å². The van der Waals surface area contributed by atoms with E-state index < -0.39 is 34.9 Å². The van der Waals surface area contributed by atoms with E-state index in [9.17, 15) is 43.9 Å². The molecule has 0 saturated heterocycles. The molecular weight excluding hydrogens is 1870 g/mol. The van der Waals surface area contributed by atoms with Gasteiger partial charge in [0.2, 0.25) is 0 Å². The first-order valence-corrected chi connectivity index (χ1v) is 52.4. The van der Waals surface area contributed by atoms with Crippen LogP contribution in [0.5, 0.6) is 17.2 Å². The standard InChI is InChI=1S/2C29H30F2O.C28H34F2.C25H22F2O.C25H22F2/c1-5-6-7-8-15-32-26-16-21(3)27(22(4)17-26)14-13-23-11-12-25(19-29(23)31)24-10-9-20(2)28(30)18-24;1-4-5-6-7-8-17-32-27-16-15-23(22(3)18-27)11-12-24-13-14-26(20-29(24)31)25-10-9-21(2)28(30)19-25;1-5-6-7-8-22-9-12-24(13-10-22)25-15-19(2)26(20(3)16-25)14-11-23-17-27(29)21(4)28(30)18-23;1-4-13-28-23-12-11-19(18(3)14-23)7-8-20-9-10-22(16-25(20)27)21-6-5-17(2)24(26)15-21;1-4-5-19-7-9-20(18(3)14-19)10-11-21-12-13-23(16-25(21)27)22-8-6-17(2)24(26)15-22/h9-12,16-19H,5-8,15H2,1-4H3;9-10,13-16,18-20H,4-8,17H2,1-3H3;15-18,22,24H,5-10,12-13H2,1-4H3;5-6,9-12,14-16H,4,13H2,1-3H3;6-9,12-16H,4-5H2,1-3H3. The fourth-order valence-corrected chi connectivity index (χ4v) is 17.6. The van der Waals surface area contributed by atoms with Crippen molar-refractivity contribution in [1.29, 1.82) is 0 Å². The highest BCUT2D eigenvalue weighted by Crippen LogP contribution is 2.40. The fraction of sp³-hybridized carbons (Fsp3) is 0.309. The Morgan fingerprint density at radius 3 is 0.886 bits per heavy atom. The third-order valence-corrected chi connectivity index (χ3v) is 26.9. The van der Waals surface area contributed by atoms with Crippen LogP contribution in [0.1, 0.15) is 296 Å². The van der Waals surface area contributed by atoms with Crippen LogP contribution in [0.25, 0.3) is 44.5 Å². The summed E-state index contributed by atoms with van der Waals surface area (Å²) in [5, 5.41) is 0. The van der Waals surface area contributed by atoms with Gasteiger partial charge in [-0.2, -0.15) is 0 Å². The van der Waals surface area contributed by atoms with Gasteiger partial charge in [0, 0.05) is 38.9 Å². The summed E-state index contributed by atoms with van der Waals surface area (Å²) in [7, 11) is 0. The molecule has 14 aromatic carbocycles. The highest BCUT2D eigenvalue weighted by Gasteiger charge is 2.24. The second kappa shape index (κ2) is 57.8. The van der Waals surface area contributed by atoms with Crippen LogP contribution < -0.4 is 14.2 Å². The molecule has 1 fully saturated rings. The molecule has 0 amide bonds. The molecule has 0 bridgehead atoms. The Balaban J connectivity index is 0.000000177. The van der Waals surface area contributed by atoms with Crippen LogP contribution in [-0.2, 0) is 6.42 Å². The molecule has 0 aliphatic heterocycles. The summed E-state index contributed by atoms with van der Waals surface area (Å²) in [6, 6.07) is 67.7. The Bertz CT molecular complexity index is 7240. The van der Waals surface area contributed by atoms with E-state index in [1.54, 1.807) is 125 Å². The van der Waals surface area contributed by atoms with E-state index in [1.165, 1.54) is 175 Å². The lowest BCUT2D eigenvalue weighted by atomic mass is 9.76. The van der Waals surface area contributed by atoms with Crippen molar-refractivity contribution in [2.45, 2.75) is 252 Å². The highest BCUT2D eigenvalue weighted by molar-refractivity contribution is 5.70. The van der Waals surface area contributed by atoms with E-state index in [2.05, 4.69) is 132 Å². The molecule has 15 rings (SSSR count). The molecule has 0 spiro atoms. The Morgan fingerprint density at radius 1 is 0.228 bits per heavy atom. The minimum Gasteiger partial charge on any atom is -0.494 e. The quantitative estimate of drug-likeness (QED) is 0.0292. The summed E-state index contributed by atoms with van der Waals surface area (Å²) in [5.74, 6) is 30.2. The average Bonchev–Trinajstić information content (AvgIpc) is 0.825. The van der Waals surface area contributed by atoms with Gasteiger partial charge >= 0.3 is 0 Å². The normalized spacial score (nSPS) is 12.1. The molecule has 1 aliphatic rings. The molecule has 770 valence electrons. The predicted octanol–water partition coefficient (Wildman–Crippen LogP) is 37.1. The molecule has 1 aliphatic carbocycles. The minimum atomic E-state index is -0.548. The molecule has 14 aromatic rings. The Morgan fingerprint density at radius 2 is 0.530 bits per heavy atom. The minimum absolute atomic E-state index is 0.0392. The predicted molar refractivity (Wildman–Crippen MR) is 595 cm³/mol. The van der Waals surface area contributed by atoms with Gasteiger partial charge in [-0.05, 0) is 403 Å². The van der Waals surface area contributed by atoms with Crippen LogP contribution in [0.4, 0.5) is 43.9 Å². The molecule has 1 saturated carbocycles. The van der Waals surface area contributed by atoms with Crippen molar-refractivity contribution in [2.24, 2.45) is 5.92 Å². The second-order valence-electron chi connectivity index (χ2n) is 39.0. The number of rotatable bonds is 27. The van der Waals surface area contributed by atoms with Crippen LogP contribution >= 0.6 is 0 Å². The van der Waals surface area contributed by atoms with Crippen LogP contribution in [0.2, 0.25) is 0 Å². The summed E-state index contributed by atoms with van der Waals surface area (Å²) < 4.78 is 158. The molecule has 149 heavy (non-hydrogen) atoms. The SMILES string of the molecule is CCCCCC1CCC(c2cc(C)c(C#Cc3cc(F)c(C)c(F)c3)c(C)c2)CC1.CCCCCCCOc1ccc(C#Cc2ccc(-c3ccc(C)c(F)c3)cc2F)c(C)c1.CCCCCCOc1cc(C)c(C#Cc2ccc(-c3ccc(C)c(F)c3)cc2F)c(C)c1.CCCOc1ccc(C#Cc2ccc(-c3ccc(C)c(F)c3)cc2F)c(C)c1.CCCc1ccc(C#Cc2ccc(-c3ccc(C)c(F)c3)cc2F)c(C)c1. The van der Waals surface area contributed by atoms with Gasteiger partial charge in [0.25, 0.3) is 0 Å². The number of halogens is 10. The van der Waals surface area contributed by atoms with Crippen LogP contribution in [0.15, 0.2) is 237 Å². The van der Waals surface area contributed by atoms with E-state index in [-0.39, 0.29) is 28.8 Å². The zero-order chi connectivity index (χ0) is 107. The molecule has 0 unspecified atom stereocenters. The van der Waals surface area contributed by atoms with Crippen molar-refractivity contribution in [3.05, 3.63) is 428 Å². The molecular formula is C136H138F10O3. The fourth-order valence-electron chi connectivity index (χ4n) is 17.6. The number of ether oxygens (including phenoxy) is 3. The Kier molecular flexibility index (Phi) is 44.6. The monoisotopic (exact) mass is 2010 g/mol. The van der Waals surface area contributed by atoms with Gasteiger partial charge < -0.3 is 14.2 Å². The van der Waals surface area contributed by atoms with Crippen LogP contribution in [0.3, 0.4) is 0 Å². The van der Waals surface area contributed by atoms with E-state index in [0.717, 1.165) is 129 Å². The van der Waals surface area contributed by atoms with Crippen molar-refractivity contribution in [3.8, 4) is 121 Å². The second-order valence-corrected chi connectivity index (χ2v) is 39.0. The summed E-state index contributed by atoms with van der Waals surface area (Å²) in [5.41, 5.74) is 23.5. The lowest BCUT2D eigenvalue weighted by Gasteiger charge is -2.29. The Labute approximate surface area is 879 Å². The maximum Gasteiger partial charge on any atom is 0.139 e. The molecule has 0 heterocycles. The van der Waals surface area contributed by atoms with Crippen LogP contribution in [0, 0.1) is 206 Å². The van der Waals surface area contributed by atoms with Gasteiger partial charge in [-0.1, -0.05) is 268 Å². The molecule has 0 aromatic heterocycles. The lowest BCUT2D eigenvalue weighted by Crippen LogP contribution is -2.14. The van der Waals surface area contributed by atoms with Crippen molar-refractivity contribution in [3.63, 3.8) is 0 Å². The highest BCUT2D eigenvalue weighted by atomic mass is 19.2. The summed E-state index contributed by atoms with van der Waals surface area (Å²) in [4.78, 5) is 0. The van der Waals surface area contributed by atoms with Crippen molar-refractivity contribution >= 4 is 0 Å². The molecule has 0 atom stereocenters. The lowest BCUT2D eigenvalue weighted by molar-refractivity contribution is 0.302. The van der Waals surface area contributed by atoms with Gasteiger partial charge in [-0.25, -0.2) is 43.9 Å². The number of hydrogen-bond acceptors (Lipinski definition) is 3. The number of hydrogen-bond donors (Lipinski definition) is 0. The van der Waals surface area contributed by atoms with Gasteiger partial charge in [-0.15, -0.1) is 0 Å². The topological polar surface area (TPSA) is 27.7 Å². The van der Waals surface area contributed by atoms with Crippen molar-refractivity contribution in [1.82, 2.24) is 0 Å². The van der Waals surface area contributed by atoms with Gasteiger partial charge in [0.15, 0.2) is 0 Å². The van der Waals surface area contributed by atoms with Crippen molar-refractivity contribution in [2.75, 3.05) is 19.8 Å². The maximum absolute atomic E-state index is 14.7. The van der Waals surface area contributed by atoms with E-state index in [0.29, 0.717) is 114 Å². The van der Waals surface area contributed by atoms with E-state index in [4.69, 9.17) is 14.2 Å². The smallest absolute Gasteiger partial charge is 0.139 e. The average molecular weight is 2010 g/mol. The van der Waals surface area contributed by atoms with Crippen molar-refractivity contribution < 1.29 is 58.1 Å². The third-order valence-electron chi connectivity index (χ3n) is 26.9. The zero-order valence-corrected chi connectivity index (χ0v) is 89.4. The zero-order valence-electron chi connectivity index (χ0n) is 89.4. The molecule has 13 heteroatoms. The molecule has 0 N–H and O–H groups in total. The molecule has 0 radical (unpaired) electrons. The number of unbranched alkanes of at least 4 members (excludes halogenated alkanes) is 9. The Hall–Kier alpha value is -14.4. The third kappa shape index (κ3) is 34.6. The van der Waals surface area contributed by atoms with Gasteiger partial charge in [-0.3, -0.25) is 0 Å². The van der Waals surface area contributed by atoms with E-state index in [1.807, 2.05) is 89.2 Å². The number of aryl methyl sites for hydroxylation is 12. The first kappa shape index (κ1) is 115. The first-order chi connectivity index (χ1) is 71.7. The molecule has 3 nitrogen and oxygen atoms in total. The largest absolute Gasteiger partial charge is 0.494 e. The first-order valence-electron chi connectivity index (χ1n) is 52.4. The van der Waals surface area contributed by atoms with Crippen LogP contribution in [-0.4, -0.2) is 19.8 Å². The van der Waals surface area contributed by atoms with E-state index >= 15 is 0 Å². The van der Waals surface area contributed by atoms with Gasteiger partial charge in [0.05, 0.1) is 42.1 Å². The number of benzene rings is 14. The summed E-state index contributed by atoms with van der Waals surface area (Å²) >= 11 is 0.